The number of hydrogen-bond donors (Lipinski definition) is 2. The minimum atomic E-state index is -0.807. The van der Waals surface area contributed by atoms with Crippen LogP contribution in [0.4, 0.5) is 0 Å². The Balaban J connectivity index is 1.54. The summed E-state index contributed by atoms with van der Waals surface area (Å²) in [5, 5.41) is 13.7. The fourth-order valence-corrected chi connectivity index (χ4v) is 2.74. The van der Waals surface area contributed by atoms with Crippen molar-refractivity contribution in [3.8, 4) is 5.75 Å². The van der Waals surface area contributed by atoms with Crippen molar-refractivity contribution in [2.45, 2.75) is 57.1 Å². The summed E-state index contributed by atoms with van der Waals surface area (Å²) in [5.41, 5.74) is 2.08. The van der Waals surface area contributed by atoms with E-state index in [1.54, 1.807) is 0 Å². The number of rotatable bonds is 6. The molecule has 3 nitrogen and oxygen atoms in total. The summed E-state index contributed by atoms with van der Waals surface area (Å²) in [4.78, 5) is 0. The Hall–Kier alpha value is -1.06. The van der Waals surface area contributed by atoms with Gasteiger partial charge in [0.05, 0.1) is 0 Å². The van der Waals surface area contributed by atoms with E-state index in [0.29, 0.717) is 19.2 Å². The monoisotopic (exact) mass is 275 g/mol. The molecule has 3 rings (SSSR count). The summed E-state index contributed by atoms with van der Waals surface area (Å²) >= 11 is 0. The molecule has 1 saturated carbocycles. The lowest BCUT2D eigenvalue weighted by molar-refractivity contribution is 0.0120. The van der Waals surface area contributed by atoms with Crippen molar-refractivity contribution in [3.63, 3.8) is 0 Å². The van der Waals surface area contributed by atoms with Crippen LogP contribution in [0.3, 0.4) is 0 Å². The maximum absolute atomic E-state index is 10.3. The van der Waals surface area contributed by atoms with Crippen LogP contribution in [0, 0.1) is 0 Å². The number of aliphatic hydroxyl groups is 1. The lowest BCUT2D eigenvalue weighted by atomic mass is 9.92. The lowest BCUT2D eigenvalue weighted by Gasteiger charge is -2.24. The number of fused-ring (bicyclic) bond motifs is 1. The van der Waals surface area contributed by atoms with Gasteiger partial charge in [-0.15, -0.1) is 0 Å². The van der Waals surface area contributed by atoms with Crippen LogP contribution < -0.4 is 10.1 Å². The molecular formula is C17H25NO2. The molecule has 2 aliphatic carbocycles. The van der Waals surface area contributed by atoms with E-state index >= 15 is 0 Å². The van der Waals surface area contributed by atoms with Gasteiger partial charge in [0.1, 0.15) is 18.0 Å². The van der Waals surface area contributed by atoms with Crippen LogP contribution in [0.5, 0.6) is 5.75 Å². The molecule has 0 heterocycles. The first kappa shape index (κ1) is 13.9. The third-order valence-corrected chi connectivity index (χ3v) is 4.22. The van der Waals surface area contributed by atoms with Crippen LogP contribution in [0.25, 0.3) is 0 Å². The maximum Gasteiger partial charge on any atom is 0.119 e. The molecular weight excluding hydrogens is 250 g/mol. The van der Waals surface area contributed by atoms with Crippen LogP contribution in [0.2, 0.25) is 0 Å². The van der Waals surface area contributed by atoms with Gasteiger partial charge in [0.25, 0.3) is 0 Å². The maximum atomic E-state index is 10.3. The predicted octanol–water partition coefficient (Wildman–Crippen LogP) is 2.45. The van der Waals surface area contributed by atoms with E-state index in [-0.39, 0.29) is 0 Å². The van der Waals surface area contributed by atoms with Gasteiger partial charge in [-0.3, -0.25) is 0 Å². The molecule has 0 spiro atoms. The van der Waals surface area contributed by atoms with Crippen molar-refractivity contribution in [2.75, 3.05) is 13.2 Å². The molecule has 2 aliphatic rings. The smallest absolute Gasteiger partial charge is 0.119 e. The van der Waals surface area contributed by atoms with Gasteiger partial charge < -0.3 is 15.2 Å². The Morgan fingerprint density at radius 2 is 2.00 bits per heavy atom. The Kier molecular flexibility index (Phi) is 3.99. The normalized spacial score (nSPS) is 21.1. The zero-order chi connectivity index (χ0) is 14.0. The van der Waals surface area contributed by atoms with Crippen LogP contribution >= 0.6 is 0 Å². The number of nitrogens with one attached hydrogen (secondary N) is 1. The van der Waals surface area contributed by atoms with Gasteiger partial charge in [-0.1, -0.05) is 6.07 Å². The Labute approximate surface area is 121 Å². The van der Waals surface area contributed by atoms with Crippen LogP contribution in [-0.4, -0.2) is 29.9 Å². The number of ether oxygens (including phenoxy) is 1. The second-order valence-corrected chi connectivity index (χ2v) is 6.58. The van der Waals surface area contributed by atoms with Gasteiger partial charge >= 0.3 is 0 Å². The molecule has 0 radical (unpaired) electrons. The average molecular weight is 275 g/mol. The molecule has 1 atom stereocenters. The lowest BCUT2D eigenvalue weighted by Crippen LogP contribution is -2.43. The molecule has 3 heteroatoms. The van der Waals surface area contributed by atoms with Gasteiger partial charge in [-0.05, 0) is 68.7 Å². The number of benzene rings is 1. The van der Waals surface area contributed by atoms with E-state index in [9.17, 15) is 5.11 Å². The molecule has 0 aromatic heterocycles. The van der Waals surface area contributed by atoms with E-state index in [2.05, 4.69) is 17.4 Å². The topological polar surface area (TPSA) is 41.5 Å². The quantitative estimate of drug-likeness (QED) is 0.838. The van der Waals surface area contributed by atoms with Gasteiger partial charge in [-0.25, -0.2) is 0 Å². The van der Waals surface area contributed by atoms with E-state index in [4.69, 9.17) is 4.74 Å². The van der Waals surface area contributed by atoms with E-state index in [0.717, 1.165) is 12.2 Å². The zero-order valence-corrected chi connectivity index (χ0v) is 12.3. The largest absolute Gasteiger partial charge is 0.491 e. The zero-order valence-electron chi connectivity index (χ0n) is 12.3. The van der Waals surface area contributed by atoms with Gasteiger partial charge in [0.2, 0.25) is 0 Å². The molecule has 1 aromatic carbocycles. The average Bonchev–Trinajstić information content (AvgIpc) is 3.27. The summed E-state index contributed by atoms with van der Waals surface area (Å²) < 4.78 is 5.80. The molecule has 1 aromatic rings. The molecule has 110 valence electrons. The second-order valence-electron chi connectivity index (χ2n) is 6.58. The first-order valence-electron chi connectivity index (χ1n) is 7.83. The van der Waals surface area contributed by atoms with Crippen LogP contribution in [-0.2, 0) is 12.8 Å². The minimum absolute atomic E-state index is 0.339. The highest BCUT2D eigenvalue weighted by molar-refractivity contribution is 5.37. The summed E-state index contributed by atoms with van der Waals surface area (Å²) in [6.07, 6.45) is 7.41. The molecule has 1 fully saturated rings. The Morgan fingerprint density at radius 3 is 2.75 bits per heavy atom. The summed E-state index contributed by atoms with van der Waals surface area (Å²) in [6, 6.07) is 6.99. The van der Waals surface area contributed by atoms with E-state index in [1.165, 1.54) is 43.2 Å². The van der Waals surface area contributed by atoms with E-state index in [1.807, 2.05) is 13.0 Å². The Morgan fingerprint density at radius 1 is 1.25 bits per heavy atom. The van der Waals surface area contributed by atoms with Gasteiger partial charge in [0, 0.05) is 12.6 Å². The molecule has 0 amide bonds. The highest BCUT2D eigenvalue weighted by Crippen LogP contribution is 2.26. The van der Waals surface area contributed by atoms with Gasteiger partial charge in [0.15, 0.2) is 0 Å². The fraction of sp³-hybridized carbons (Fsp3) is 0.647. The van der Waals surface area contributed by atoms with E-state index < -0.39 is 5.60 Å². The summed E-state index contributed by atoms with van der Waals surface area (Å²) in [6.45, 7) is 2.77. The highest BCUT2D eigenvalue weighted by atomic mass is 16.5. The SMILES string of the molecule is CC(O)(CNC1CC1)COc1ccc2c(c1)CCCC2. The van der Waals surface area contributed by atoms with Crippen molar-refractivity contribution < 1.29 is 9.84 Å². The molecule has 1 unspecified atom stereocenters. The van der Waals surface area contributed by atoms with Crippen molar-refractivity contribution >= 4 is 0 Å². The van der Waals surface area contributed by atoms with Gasteiger partial charge in [-0.2, -0.15) is 0 Å². The second kappa shape index (κ2) is 5.74. The molecule has 0 saturated heterocycles. The first-order valence-corrected chi connectivity index (χ1v) is 7.83. The van der Waals surface area contributed by atoms with Crippen molar-refractivity contribution in [1.29, 1.82) is 0 Å². The highest BCUT2D eigenvalue weighted by Gasteiger charge is 2.27. The number of aryl methyl sites for hydroxylation is 2. The van der Waals surface area contributed by atoms with Crippen LogP contribution in [0.1, 0.15) is 43.7 Å². The Bertz CT molecular complexity index is 466. The third kappa shape index (κ3) is 3.74. The van der Waals surface area contributed by atoms with Crippen molar-refractivity contribution in [2.24, 2.45) is 0 Å². The predicted molar refractivity (Wildman–Crippen MR) is 80.2 cm³/mol. The minimum Gasteiger partial charge on any atom is -0.491 e. The standard InChI is InChI=1S/C17H25NO2/c1-17(19,11-18-15-7-8-15)12-20-16-9-6-13-4-2-3-5-14(13)10-16/h6,9-10,15,18-19H,2-5,7-8,11-12H2,1H3. The fourth-order valence-electron chi connectivity index (χ4n) is 2.74. The molecule has 0 bridgehead atoms. The third-order valence-electron chi connectivity index (χ3n) is 4.22. The van der Waals surface area contributed by atoms with Crippen LogP contribution in [0.15, 0.2) is 18.2 Å². The van der Waals surface area contributed by atoms with Crippen molar-refractivity contribution in [1.82, 2.24) is 5.32 Å². The summed E-state index contributed by atoms with van der Waals surface area (Å²) in [7, 11) is 0. The first-order chi connectivity index (χ1) is 9.62. The molecule has 0 aliphatic heterocycles. The summed E-state index contributed by atoms with van der Waals surface area (Å²) in [5.74, 6) is 0.886. The molecule has 20 heavy (non-hydrogen) atoms. The number of hydrogen-bond acceptors (Lipinski definition) is 3. The van der Waals surface area contributed by atoms with Crippen molar-refractivity contribution in [3.05, 3.63) is 29.3 Å². The molecule has 2 N–H and O–H groups in total.